The van der Waals surface area contributed by atoms with E-state index in [4.69, 9.17) is 9.47 Å². The molecule has 0 amide bonds. The van der Waals surface area contributed by atoms with Crippen LogP contribution in [0.15, 0.2) is 0 Å². The number of hydrogen-bond acceptors (Lipinski definition) is 5. The second kappa shape index (κ2) is 5.98. The van der Waals surface area contributed by atoms with Gasteiger partial charge in [-0.05, 0) is 25.7 Å². The average molecular weight is 256 g/mol. The second-order valence-corrected chi connectivity index (χ2v) is 4.65. The van der Waals surface area contributed by atoms with E-state index >= 15 is 0 Å². The lowest BCUT2D eigenvalue weighted by Gasteiger charge is -2.30. The normalized spacial score (nSPS) is 24.7. The summed E-state index contributed by atoms with van der Waals surface area (Å²) >= 11 is 0. The van der Waals surface area contributed by atoms with E-state index in [1.54, 1.807) is 13.8 Å². The molecule has 0 spiro atoms. The summed E-state index contributed by atoms with van der Waals surface area (Å²) in [4.78, 5) is 35.4. The Morgan fingerprint density at radius 2 is 2.11 bits per heavy atom. The second-order valence-electron chi connectivity index (χ2n) is 4.65. The lowest BCUT2D eigenvalue weighted by atomic mass is 9.72. The van der Waals surface area contributed by atoms with Crippen molar-refractivity contribution in [2.75, 3.05) is 13.7 Å². The van der Waals surface area contributed by atoms with Gasteiger partial charge in [0.1, 0.15) is 11.2 Å². The highest BCUT2D eigenvalue weighted by Gasteiger charge is 2.53. The van der Waals surface area contributed by atoms with E-state index in [2.05, 4.69) is 0 Å². The Morgan fingerprint density at radius 3 is 2.56 bits per heavy atom. The molecule has 0 unspecified atom stereocenters. The summed E-state index contributed by atoms with van der Waals surface area (Å²) in [6.07, 6.45) is 1.57. The van der Waals surface area contributed by atoms with Crippen molar-refractivity contribution in [2.24, 2.45) is 11.3 Å². The van der Waals surface area contributed by atoms with Crippen LogP contribution in [0, 0.1) is 11.3 Å². The first kappa shape index (κ1) is 14.7. The number of carbonyl (C=O) groups excluding carboxylic acids is 3. The molecule has 0 aromatic rings. The number of ketones is 1. The Labute approximate surface area is 107 Å². The lowest BCUT2D eigenvalue weighted by molar-refractivity contribution is -0.161. The van der Waals surface area contributed by atoms with Gasteiger partial charge in [0.05, 0.1) is 13.7 Å². The van der Waals surface area contributed by atoms with Crippen molar-refractivity contribution in [3.8, 4) is 0 Å². The molecule has 0 bridgehead atoms. The standard InChI is InChI=1S/C13H20O5/c1-4-18-11(15)8-9(2)13(12(16)17-3)7-5-6-10(13)14/h9H,4-8H2,1-3H3/t9-,13+/m0/s1. The third-order valence-electron chi connectivity index (χ3n) is 3.64. The molecule has 5 heteroatoms. The fourth-order valence-corrected chi connectivity index (χ4v) is 2.65. The molecule has 0 radical (unpaired) electrons. The van der Waals surface area contributed by atoms with Crippen LogP contribution >= 0.6 is 0 Å². The highest BCUT2D eigenvalue weighted by atomic mass is 16.5. The molecule has 0 aliphatic heterocycles. The van der Waals surface area contributed by atoms with Gasteiger partial charge in [-0.2, -0.15) is 0 Å². The Kier molecular flexibility index (Phi) is 4.87. The van der Waals surface area contributed by atoms with Crippen molar-refractivity contribution < 1.29 is 23.9 Å². The van der Waals surface area contributed by atoms with Crippen LogP contribution in [0.3, 0.4) is 0 Å². The van der Waals surface area contributed by atoms with Gasteiger partial charge in [0, 0.05) is 12.8 Å². The summed E-state index contributed by atoms with van der Waals surface area (Å²) in [6, 6.07) is 0. The van der Waals surface area contributed by atoms with Gasteiger partial charge in [-0.15, -0.1) is 0 Å². The summed E-state index contributed by atoms with van der Waals surface area (Å²) in [6.45, 7) is 3.75. The van der Waals surface area contributed by atoms with Crippen molar-refractivity contribution in [3.63, 3.8) is 0 Å². The quantitative estimate of drug-likeness (QED) is 0.550. The van der Waals surface area contributed by atoms with Gasteiger partial charge in [-0.3, -0.25) is 14.4 Å². The molecule has 5 nitrogen and oxygen atoms in total. The highest BCUT2D eigenvalue weighted by molar-refractivity contribution is 6.05. The zero-order valence-electron chi connectivity index (χ0n) is 11.2. The Balaban J connectivity index is 2.87. The Morgan fingerprint density at radius 1 is 1.44 bits per heavy atom. The van der Waals surface area contributed by atoms with Gasteiger partial charge in [0.2, 0.25) is 0 Å². The molecule has 1 fully saturated rings. The number of carbonyl (C=O) groups is 3. The molecule has 1 aliphatic rings. The fourth-order valence-electron chi connectivity index (χ4n) is 2.65. The van der Waals surface area contributed by atoms with Crippen LogP contribution in [0.25, 0.3) is 0 Å². The molecule has 1 aliphatic carbocycles. The van der Waals surface area contributed by atoms with Gasteiger partial charge < -0.3 is 9.47 Å². The Bertz CT molecular complexity index is 349. The number of hydrogen-bond donors (Lipinski definition) is 0. The van der Waals surface area contributed by atoms with Gasteiger partial charge in [-0.1, -0.05) is 6.92 Å². The van der Waals surface area contributed by atoms with Crippen LogP contribution in [0.1, 0.15) is 39.5 Å². The van der Waals surface area contributed by atoms with E-state index in [1.807, 2.05) is 0 Å². The van der Waals surface area contributed by atoms with E-state index < -0.39 is 11.4 Å². The Hall–Kier alpha value is -1.39. The molecule has 0 aromatic heterocycles. The van der Waals surface area contributed by atoms with Crippen molar-refractivity contribution in [2.45, 2.75) is 39.5 Å². The number of esters is 2. The van der Waals surface area contributed by atoms with Crippen LogP contribution in [-0.4, -0.2) is 31.4 Å². The van der Waals surface area contributed by atoms with E-state index in [-0.39, 0.29) is 24.1 Å². The van der Waals surface area contributed by atoms with Crippen molar-refractivity contribution in [3.05, 3.63) is 0 Å². The number of ether oxygens (including phenoxy) is 2. The number of rotatable bonds is 5. The van der Waals surface area contributed by atoms with E-state index in [9.17, 15) is 14.4 Å². The minimum Gasteiger partial charge on any atom is -0.468 e. The first-order valence-corrected chi connectivity index (χ1v) is 6.26. The van der Waals surface area contributed by atoms with Gasteiger partial charge in [0.25, 0.3) is 0 Å². The third-order valence-corrected chi connectivity index (χ3v) is 3.64. The van der Waals surface area contributed by atoms with Crippen LogP contribution < -0.4 is 0 Å². The zero-order valence-corrected chi connectivity index (χ0v) is 11.2. The maximum Gasteiger partial charge on any atom is 0.319 e. The van der Waals surface area contributed by atoms with Crippen molar-refractivity contribution in [1.29, 1.82) is 0 Å². The van der Waals surface area contributed by atoms with Crippen LogP contribution in [-0.2, 0) is 23.9 Å². The van der Waals surface area contributed by atoms with Crippen LogP contribution in [0.5, 0.6) is 0 Å². The summed E-state index contributed by atoms with van der Waals surface area (Å²) in [5.41, 5.74) is -1.15. The average Bonchev–Trinajstić information content (AvgIpc) is 2.71. The van der Waals surface area contributed by atoms with Gasteiger partial charge in [-0.25, -0.2) is 0 Å². The maximum absolute atomic E-state index is 12.0. The predicted octanol–water partition coefficient (Wildman–Crippen LogP) is 1.49. The molecule has 0 saturated heterocycles. The molecule has 18 heavy (non-hydrogen) atoms. The predicted molar refractivity (Wildman–Crippen MR) is 63.7 cm³/mol. The minimum absolute atomic E-state index is 0.0642. The van der Waals surface area contributed by atoms with Crippen LogP contribution in [0.4, 0.5) is 0 Å². The number of methoxy groups -OCH3 is 1. The zero-order chi connectivity index (χ0) is 13.8. The molecular formula is C13H20O5. The van der Waals surface area contributed by atoms with E-state index in [0.717, 1.165) is 0 Å². The van der Waals surface area contributed by atoms with E-state index in [0.29, 0.717) is 25.9 Å². The molecule has 2 atom stereocenters. The van der Waals surface area contributed by atoms with E-state index in [1.165, 1.54) is 7.11 Å². The third kappa shape index (κ3) is 2.54. The fraction of sp³-hybridized carbons (Fsp3) is 0.769. The summed E-state index contributed by atoms with van der Waals surface area (Å²) in [5, 5.41) is 0. The lowest BCUT2D eigenvalue weighted by Crippen LogP contribution is -2.43. The summed E-state index contributed by atoms with van der Waals surface area (Å²) in [5.74, 6) is -1.42. The topological polar surface area (TPSA) is 69.7 Å². The molecule has 0 N–H and O–H groups in total. The molecule has 102 valence electrons. The van der Waals surface area contributed by atoms with Gasteiger partial charge in [0.15, 0.2) is 0 Å². The minimum atomic E-state index is -1.15. The molecular weight excluding hydrogens is 236 g/mol. The maximum atomic E-state index is 12.0. The smallest absolute Gasteiger partial charge is 0.319 e. The first-order valence-electron chi connectivity index (χ1n) is 6.26. The molecule has 0 aromatic carbocycles. The first-order chi connectivity index (χ1) is 8.48. The number of Topliss-reactive ketones (excluding diaryl/α,β-unsaturated/α-hetero) is 1. The SMILES string of the molecule is CCOC(=O)C[C@H](C)[C@]1(C(=O)OC)CCCC1=O. The van der Waals surface area contributed by atoms with Crippen molar-refractivity contribution >= 4 is 17.7 Å². The van der Waals surface area contributed by atoms with Crippen molar-refractivity contribution in [1.82, 2.24) is 0 Å². The summed E-state index contributed by atoms with van der Waals surface area (Å²) in [7, 11) is 1.27. The summed E-state index contributed by atoms with van der Waals surface area (Å²) < 4.78 is 9.62. The highest BCUT2D eigenvalue weighted by Crippen LogP contribution is 2.44. The monoisotopic (exact) mass is 256 g/mol. The molecule has 1 saturated carbocycles. The van der Waals surface area contributed by atoms with Gasteiger partial charge >= 0.3 is 11.9 Å². The molecule has 1 rings (SSSR count). The van der Waals surface area contributed by atoms with Crippen LogP contribution in [0.2, 0.25) is 0 Å². The molecule has 0 heterocycles. The largest absolute Gasteiger partial charge is 0.468 e.